The van der Waals surface area contributed by atoms with Crippen LogP contribution in [0.2, 0.25) is 0 Å². The topological polar surface area (TPSA) is 122 Å². The number of carbonyl (C=O) groups excluding carboxylic acids is 1. The van der Waals surface area contributed by atoms with E-state index < -0.39 is 22.6 Å². The van der Waals surface area contributed by atoms with Crippen LogP contribution >= 0.6 is 0 Å². The Balaban J connectivity index is 2.58. The summed E-state index contributed by atoms with van der Waals surface area (Å²) < 4.78 is 30.8. The third-order valence-electron chi connectivity index (χ3n) is 2.42. The molecular weight excluding hydrogens is 300 g/mol. The van der Waals surface area contributed by atoms with E-state index >= 15 is 0 Å². The van der Waals surface area contributed by atoms with Crippen LogP contribution in [-0.4, -0.2) is 52.2 Å². The molecule has 0 saturated carbocycles. The molecular formula is C12H16N2O6S. The highest BCUT2D eigenvalue weighted by Crippen LogP contribution is 2.10. The van der Waals surface area contributed by atoms with Crippen molar-refractivity contribution in [1.82, 2.24) is 10.0 Å². The summed E-state index contributed by atoms with van der Waals surface area (Å²) in [6.07, 6.45) is 0. The number of sulfonamides is 1. The molecule has 0 aliphatic carbocycles. The van der Waals surface area contributed by atoms with E-state index in [9.17, 15) is 18.0 Å². The van der Waals surface area contributed by atoms with E-state index in [2.05, 4.69) is 10.0 Å². The van der Waals surface area contributed by atoms with Crippen molar-refractivity contribution in [2.45, 2.75) is 4.90 Å². The Bertz CT molecular complexity index is 597. The lowest BCUT2D eigenvalue weighted by Crippen LogP contribution is -2.28. The van der Waals surface area contributed by atoms with Crippen LogP contribution < -0.4 is 10.0 Å². The lowest BCUT2D eigenvalue weighted by atomic mass is 10.2. The van der Waals surface area contributed by atoms with Gasteiger partial charge in [0.15, 0.2) is 0 Å². The monoisotopic (exact) mass is 316 g/mol. The van der Waals surface area contributed by atoms with Crippen molar-refractivity contribution >= 4 is 21.9 Å². The first-order chi connectivity index (χ1) is 9.86. The Hall–Kier alpha value is -1.97. The van der Waals surface area contributed by atoms with Gasteiger partial charge in [0.1, 0.15) is 6.61 Å². The fraction of sp³-hybridized carbons (Fsp3) is 0.333. The average Bonchev–Trinajstić information content (AvgIpc) is 2.45. The molecule has 0 aliphatic rings. The second-order valence-corrected chi connectivity index (χ2v) is 5.71. The van der Waals surface area contributed by atoms with Crippen molar-refractivity contribution in [1.29, 1.82) is 0 Å². The SMILES string of the molecule is CNC(=O)c1ccc(S(=O)(=O)NCCOCC(=O)O)cc1. The smallest absolute Gasteiger partial charge is 0.329 e. The quantitative estimate of drug-likeness (QED) is 0.552. The number of nitrogens with one attached hydrogen (secondary N) is 2. The van der Waals surface area contributed by atoms with Gasteiger partial charge in [-0.25, -0.2) is 17.9 Å². The van der Waals surface area contributed by atoms with Crippen molar-refractivity contribution in [3.63, 3.8) is 0 Å². The maximum absolute atomic E-state index is 11.9. The zero-order valence-electron chi connectivity index (χ0n) is 11.3. The Morgan fingerprint density at radius 3 is 2.38 bits per heavy atom. The third kappa shape index (κ3) is 5.50. The zero-order chi connectivity index (χ0) is 15.9. The largest absolute Gasteiger partial charge is 0.480 e. The zero-order valence-corrected chi connectivity index (χ0v) is 12.1. The molecule has 1 rings (SSSR count). The Kier molecular flexibility index (Phi) is 6.28. The summed E-state index contributed by atoms with van der Waals surface area (Å²) in [6.45, 7) is -0.586. The number of aliphatic carboxylic acids is 1. The number of hydrogen-bond donors (Lipinski definition) is 3. The summed E-state index contributed by atoms with van der Waals surface area (Å²) in [7, 11) is -2.24. The van der Waals surface area contributed by atoms with E-state index in [0.717, 1.165) is 0 Å². The predicted octanol–water partition coefficient (Wildman–Crippen LogP) is -0.574. The molecule has 0 radical (unpaired) electrons. The lowest BCUT2D eigenvalue weighted by molar-refractivity contribution is -0.142. The van der Waals surface area contributed by atoms with E-state index in [0.29, 0.717) is 5.56 Å². The Labute approximate surface area is 122 Å². The normalized spacial score (nSPS) is 11.1. The first-order valence-electron chi connectivity index (χ1n) is 5.98. The molecule has 116 valence electrons. The van der Waals surface area contributed by atoms with Gasteiger partial charge in [-0.05, 0) is 24.3 Å². The van der Waals surface area contributed by atoms with Gasteiger partial charge in [0.05, 0.1) is 11.5 Å². The second-order valence-electron chi connectivity index (χ2n) is 3.95. The van der Waals surface area contributed by atoms with Crippen LogP contribution in [0.15, 0.2) is 29.2 Å². The molecule has 0 atom stereocenters. The standard InChI is InChI=1S/C12H16N2O6S/c1-13-12(17)9-2-4-10(5-3-9)21(18,19)14-6-7-20-8-11(15)16/h2-5,14H,6-8H2,1H3,(H,13,17)(H,15,16). The fourth-order valence-corrected chi connectivity index (χ4v) is 2.43. The number of benzene rings is 1. The molecule has 21 heavy (non-hydrogen) atoms. The molecule has 3 N–H and O–H groups in total. The van der Waals surface area contributed by atoms with Crippen LogP contribution in [0.5, 0.6) is 0 Å². The molecule has 8 nitrogen and oxygen atoms in total. The van der Waals surface area contributed by atoms with Gasteiger partial charge < -0.3 is 15.2 Å². The molecule has 0 heterocycles. The van der Waals surface area contributed by atoms with Gasteiger partial charge >= 0.3 is 5.97 Å². The van der Waals surface area contributed by atoms with Crippen LogP contribution in [0.4, 0.5) is 0 Å². The summed E-state index contributed by atoms with van der Waals surface area (Å²) in [5.41, 5.74) is 0.348. The number of carbonyl (C=O) groups is 2. The number of carboxylic acids is 1. The van der Waals surface area contributed by atoms with Crippen molar-refractivity contribution in [3.8, 4) is 0 Å². The number of hydrogen-bond acceptors (Lipinski definition) is 5. The van der Waals surface area contributed by atoms with Gasteiger partial charge in [-0.3, -0.25) is 4.79 Å². The number of ether oxygens (including phenoxy) is 1. The van der Waals surface area contributed by atoms with E-state index in [1.165, 1.54) is 31.3 Å². The highest BCUT2D eigenvalue weighted by atomic mass is 32.2. The number of carboxylic acid groups (broad SMARTS) is 1. The van der Waals surface area contributed by atoms with E-state index in [1.807, 2.05) is 0 Å². The minimum Gasteiger partial charge on any atom is -0.480 e. The molecule has 9 heteroatoms. The summed E-state index contributed by atoms with van der Waals surface area (Å²) in [6, 6.07) is 5.42. The highest BCUT2D eigenvalue weighted by Gasteiger charge is 2.14. The van der Waals surface area contributed by atoms with Crippen molar-refractivity contribution < 1.29 is 27.9 Å². The van der Waals surface area contributed by atoms with Crippen molar-refractivity contribution in [3.05, 3.63) is 29.8 Å². The maximum Gasteiger partial charge on any atom is 0.329 e. The summed E-state index contributed by atoms with van der Waals surface area (Å²) in [5.74, 6) is -1.43. The van der Waals surface area contributed by atoms with Crippen molar-refractivity contribution in [2.24, 2.45) is 0 Å². The van der Waals surface area contributed by atoms with Crippen LogP contribution in [-0.2, 0) is 19.6 Å². The molecule has 0 fully saturated rings. The first-order valence-corrected chi connectivity index (χ1v) is 7.46. The van der Waals surface area contributed by atoms with Gasteiger partial charge in [-0.2, -0.15) is 0 Å². The second kappa shape index (κ2) is 7.72. The Morgan fingerprint density at radius 1 is 1.24 bits per heavy atom. The molecule has 1 aromatic rings. The van der Waals surface area contributed by atoms with Crippen LogP contribution in [0.25, 0.3) is 0 Å². The average molecular weight is 316 g/mol. The molecule has 0 bridgehead atoms. The van der Waals surface area contributed by atoms with Gasteiger partial charge in [0.25, 0.3) is 5.91 Å². The predicted molar refractivity (Wildman–Crippen MR) is 73.5 cm³/mol. The lowest BCUT2D eigenvalue weighted by Gasteiger charge is -2.07. The third-order valence-corrected chi connectivity index (χ3v) is 3.89. The molecule has 1 aromatic carbocycles. The van der Waals surface area contributed by atoms with Gasteiger partial charge in [0.2, 0.25) is 10.0 Å². The molecule has 0 aliphatic heterocycles. The van der Waals surface area contributed by atoms with Gasteiger partial charge in [0, 0.05) is 19.2 Å². The van der Waals surface area contributed by atoms with Gasteiger partial charge in [-0.1, -0.05) is 0 Å². The van der Waals surface area contributed by atoms with Gasteiger partial charge in [-0.15, -0.1) is 0 Å². The number of rotatable bonds is 8. The van der Waals surface area contributed by atoms with Crippen LogP contribution in [0.1, 0.15) is 10.4 Å². The van der Waals surface area contributed by atoms with E-state index in [-0.39, 0.29) is 24.0 Å². The first kappa shape index (κ1) is 17.1. The fourth-order valence-electron chi connectivity index (χ4n) is 1.42. The summed E-state index contributed by atoms with van der Waals surface area (Å²) >= 11 is 0. The minimum atomic E-state index is -3.72. The van der Waals surface area contributed by atoms with Crippen LogP contribution in [0.3, 0.4) is 0 Å². The summed E-state index contributed by atoms with van der Waals surface area (Å²) in [4.78, 5) is 21.5. The molecule has 1 amide bonds. The molecule has 0 spiro atoms. The molecule has 0 aromatic heterocycles. The molecule has 0 unspecified atom stereocenters. The van der Waals surface area contributed by atoms with E-state index in [1.54, 1.807) is 0 Å². The minimum absolute atomic E-state index is 0.00777. The molecule has 0 saturated heterocycles. The van der Waals surface area contributed by atoms with Crippen LogP contribution in [0, 0.1) is 0 Å². The van der Waals surface area contributed by atoms with E-state index in [4.69, 9.17) is 9.84 Å². The van der Waals surface area contributed by atoms with Crippen molar-refractivity contribution in [2.75, 3.05) is 26.8 Å². The Morgan fingerprint density at radius 2 is 1.86 bits per heavy atom. The maximum atomic E-state index is 11.9. The summed E-state index contributed by atoms with van der Waals surface area (Å²) in [5, 5.41) is 10.8. The highest BCUT2D eigenvalue weighted by molar-refractivity contribution is 7.89. The number of amides is 1.